The molecule has 1 aliphatic heterocycles. The molecule has 0 bridgehead atoms. The Morgan fingerprint density at radius 2 is 2.24 bits per heavy atom. The van der Waals surface area contributed by atoms with Gasteiger partial charge in [0.2, 0.25) is 12.7 Å². The van der Waals surface area contributed by atoms with Gasteiger partial charge in [-0.05, 0) is 17.7 Å². The van der Waals surface area contributed by atoms with E-state index < -0.39 is 0 Å². The zero-order chi connectivity index (χ0) is 15.1. The van der Waals surface area contributed by atoms with Gasteiger partial charge in [-0.15, -0.1) is 0 Å². The van der Waals surface area contributed by atoms with E-state index in [9.17, 15) is 4.79 Å². The molecule has 1 amide bonds. The Balaban J connectivity index is 1.68. The smallest absolute Gasteiger partial charge is 0.231 e. The number of hydrogen-bond acceptors (Lipinski definition) is 5. The van der Waals surface area contributed by atoms with Crippen LogP contribution >= 0.6 is 0 Å². The van der Waals surface area contributed by atoms with Crippen molar-refractivity contribution < 1.29 is 19.0 Å². The van der Waals surface area contributed by atoms with Gasteiger partial charge in [0.05, 0.1) is 32.1 Å². The highest BCUT2D eigenvalue weighted by Crippen LogP contribution is 2.32. The molecule has 0 aromatic heterocycles. The van der Waals surface area contributed by atoms with Gasteiger partial charge in [0, 0.05) is 13.6 Å². The van der Waals surface area contributed by atoms with E-state index in [1.807, 2.05) is 24.3 Å². The van der Waals surface area contributed by atoms with E-state index in [-0.39, 0.29) is 12.7 Å². The molecule has 1 aliphatic rings. The van der Waals surface area contributed by atoms with Crippen molar-refractivity contribution >= 4 is 5.91 Å². The quantitative estimate of drug-likeness (QED) is 0.715. The lowest BCUT2D eigenvalue weighted by molar-refractivity contribution is -0.131. The molecule has 0 aliphatic carbocycles. The number of amides is 1. The van der Waals surface area contributed by atoms with Crippen LogP contribution in [0.4, 0.5) is 0 Å². The summed E-state index contributed by atoms with van der Waals surface area (Å²) in [7, 11) is 1.69. The van der Waals surface area contributed by atoms with Crippen molar-refractivity contribution in [3.8, 4) is 17.6 Å². The maximum Gasteiger partial charge on any atom is 0.231 e. The molecule has 0 saturated carbocycles. The van der Waals surface area contributed by atoms with Crippen LogP contribution in [0.2, 0.25) is 0 Å². The molecular weight excluding hydrogens is 272 g/mol. The summed E-state index contributed by atoms with van der Waals surface area (Å²) in [5.74, 6) is 1.45. The standard InChI is InChI=1S/C15H18N2O4/c1-17(7-2-6-16)15(18)5-8-19-10-12-3-4-13-14(9-12)21-11-20-13/h3-4,9H,2,5,7-8,10-11H2,1H3. The number of carbonyl (C=O) groups is 1. The highest BCUT2D eigenvalue weighted by molar-refractivity contribution is 5.75. The van der Waals surface area contributed by atoms with E-state index in [1.165, 1.54) is 0 Å². The molecule has 0 atom stereocenters. The minimum atomic E-state index is -0.0177. The Labute approximate surface area is 123 Å². The molecule has 0 unspecified atom stereocenters. The number of carbonyl (C=O) groups excluding carboxylic acids is 1. The van der Waals surface area contributed by atoms with Crippen LogP contribution in [0, 0.1) is 11.3 Å². The van der Waals surface area contributed by atoms with Crippen molar-refractivity contribution in [3.05, 3.63) is 23.8 Å². The van der Waals surface area contributed by atoms with Crippen LogP contribution < -0.4 is 9.47 Å². The van der Waals surface area contributed by atoms with E-state index in [4.69, 9.17) is 19.5 Å². The summed E-state index contributed by atoms with van der Waals surface area (Å²) < 4.78 is 16.0. The second kappa shape index (κ2) is 7.50. The largest absolute Gasteiger partial charge is 0.454 e. The van der Waals surface area contributed by atoms with E-state index in [0.717, 1.165) is 17.1 Å². The highest BCUT2D eigenvalue weighted by atomic mass is 16.7. The second-order valence-electron chi connectivity index (χ2n) is 4.71. The molecule has 2 rings (SSSR count). The number of rotatable bonds is 7. The fourth-order valence-electron chi connectivity index (χ4n) is 1.91. The third-order valence-electron chi connectivity index (χ3n) is 3.15. The molecule has 0 saturated heterocycles. The first kappa shape index (κ1) is 15.1. The Bertz CT molecular complexity index is 539. The van der Waals surface area contributed by atoms with Crippen molar-refractivity contribution in [2.45, 2.75) is 19.4 Å². The first-order valence-corrected chi connectivity index (χ1v) is 6.78. The molecule has 0 radical (unpaired) electrons. The first-order chi connectivity index (χ1) is 10.2. The Kier molecular flexibility index (Phi) is 5.41. The van der Waals surface area contributed by atoms with Gasteiger partial charge >= 0.3 is 0 Å². The van der Waals surface area contributed by atoms with Gasteiger partial charge in [-0.1, -0.05) is 6.07 Å². The molecule has 6 heteroatoms. The van der Waals surface area contributed by atoms with Crippen LogP contribution in [0.1, 0.15) is 18.4 Å². The van der Waals surface area contributed by atoms with Crippen LogP contribution in [0.25, 0.3) is 0 Å². The lowest BCUT2D eigenvalue weighted by atomic mass is 10.2. The summed E-state index contributed by atoms with van der Waals surface area (Å²) in [6, 6.07) is 7.65. The van der Waals surface area contributed by atoms with Gasteiger partial charge in [-0.25, -0.2) is 0 Å². The minimum Gasteiger partial charge on any atom is -0.454 e. The number of benzene rings is 1. The number of nitriles is 1. The van der Waals surface area contributed by atoms with Crippen LogP contribution in [-0.2, 0) is 16.1 Å². The van der Waals surface area contributed by atoms with Gasteiger partial charge in [-0.2, -0.15) is 5.26 Å². The van der Waals surface area contributed by atoms with Crippen molar-refractivity contribution in [1.29, 1.82) is 5.26 Å². The average molecular weight is 290 g/mol. The highest BCUT2D eigenvalue weighted by Gasteiger charge is 2.13. The summed E-state index contributed by atoms with van der Waals surface area (Å²) in [6.07, 6.45) is 0.659. The van der Waals surface area contributed by atoms with Crippen molar-refractivity contribution in [1.82, 2.24) is 4.90 Å². The molecular formula is C15H18N2O4. The second-order valence-corrected chi connectivity index (χ2v) is 4.71. The Morgan fingerprint density at radius 1 is 1.43 bits per heavy atom. The van der Waals surface area contributed by atoms with Gasteiger partial charge in [0.15, 0.2) is 11.5 Å². The fraction of sp³-hybridized carbons (Fsp3) is 0.467. The topological polar surface area (TPSA) is 71.8 Å². The van der Waals surface area contributed by atoms with Crippen LogP contribution in [0.15, 0.2) is 18.2 Å². The lowest BCUT2D eigenvalue weighted by Crippen LogP contribution is -2.28. The molecule has 0 N–H and O–H groups in total. The molecule has 112 valence electrons. The minimum absolute atomic E-state index is 0.0177. The van der Waals surface area contributed by atoms with Gasteiger partial charge in [-0.3, -0.25) is 4.79 Å². The fourth-order valence-corrected chi connectivity index (χ4v) is 1.91. The summed E-state index contributed by atoms with van der Waals surface area (Å²) in [5, 5.41) is 8.47. The molecule has 21 heavy (non-hydrogen) atoms. The summed E-state index contributed by atoms with van der Waals surface area (Å²) in [5.41, 5.74) is 0.976. The predicted octanol–water partition coefficient (Wildman–Crippen LogP) is 1.69. The number of ether oxygens (including phenoxy) is 3. The predicted molar refractivity (Wildman–Crippen MR) is 74.7 cm³/mol. The first-order valence-electron chi connectivity index (χ1n) is 6.78. The van der Waals surface area contributed by atoms with Crippen LogP contribution in [-0.4, -0.2) is 37.8 Å². The molecule has 1 aromatic rings. The molecule has 0 spiro atoms. The van der Waals surface area contributed by atoms with Crippen LogP contribution in [0.5, 0.6) is 11.5 Å². The van der Waals surface area contributed by atoms with E-state index in [1.54, 1.807) is 11.9 Å². The van der Waals surface area contributed by atoms with Crippen molar-refractivity contribution in [2.75, 3.05) is 27.0 Å². The maximum absolute atomic E-state index is 11.7. The number of hydrogen-bond donors (Lipinski definition) is 0. The Hall–Kier alpha value is -2.26. The molecule has 0 fully saturated rings. The Morgan fingerprint density at radius 3 is 3.05 bits per heavy atom. The SMILES string of the molecule is CN(CCC#N)C(=O)CCOCc1ccc2c(c1)OCO2. The third kappa shape index (κ3) is 4.36. The summed E-state index contributed by atoms with van der Waals surface area (Å²) in [4.78, 5) is 13.3. The number of fused-ring (bicyclic) bond motifs is 1. The maximum atomic E-state index is 11.7. The van der Waals surface area contributed by atoms with Gasteiger partial charge < -0.3 is 19.1 Å². The summed E-state index contributed by atoms with van der Waals surface area (Å²) in [6.45, 7) is 1.48. The van der Waals surface area contributed by atoms with E-state index >= 15 is 0 Å². The zero-order valence-electron chi connectivity index (χ0n) is 12.0. The average Bonchev–Trinajstić information content (AvgIpc) is 2.96. The van der Waals surface area contributed by atoms with Gasteiger partial charge in [0.1, 0.15) is 0 Å². The van der Waals surface area contributed by atoms with Crippen molar-refractivity contribution in [2.24, 2.45) is 0 Å². The number of nitrogens with zero attached hydrogens (tertiary/aromatic N) is 2. The van der Waals surface area contributed by atoms with Crippen LogP contribution in [0.3, 0.4) is 0 Å². The normalized spacial score (nSPS) is 12.0. The lowest BCUT2D eigenvalue weighted by Gasteiger charge is -2.15. The molecule has 1 aromatic carbocycles. The van der Waals surface area contributed by atoms with Gasteiger partial charge in [0.25, 0.3) is 0 Å². The van der Waals surface area contributed by atoms with E-state index in [2.05, 4.69) is 0 Å². The third-order valence-corrected chi connectivity index (χ3v) is 3.15. The van der Waals surface area contributed by atoms with E-state index in [0.29, 0.717) is 32.6 Å². The summed E-state index contributed by atoms with van der Waals surface area (Å²) >= 11 is 0. The zero-order valence-corrected chi connectivity index (χ0v) is 12.0. The monoisotopic (exact) mass is 290 g/mol. The molecule has 6 nitrogen and oxygen atoms in total. The van der Waals surface area contributed by atoms with Crippen molar-refractivity contribution in [3.63, 3.8) is 0 Å². The molecule has 1 heterocycles.